The van der Waals surface area contributed by atoms with E-state index in [1.54, 1.807) is 23.6 Å². The number of carbonyl (C=O) groups excluding carboxylic acids is 2. The smallest absolute Gasteiger partial charge is 0.307 e. The molecule has 0 aliphatic carbocycles. The van der Waals surface area contributed by atoms with Crippen LogP contribution in [0.2, 0.25) is 0 Å². The minimum Gasteiger partial charge on any atom is -0.466 e. The molecule has 5 nitrogen and oxygen atoms in total. The number of nitrogens with one attached hydrogen (secondary N) is 1. The average Bonchev–Trinajstić information content (AvgIpc) is 2.96. The van der Waals surface area contributed by atoms with Crippen LogP contribution >= 0.6 is 11.8 Å². The van der Waals surface area contributed by atoms with Gasteiger partial charge < -0.3 is 14.6 Å². The molecular formula is C12H16N2O3S. The van der Waals surface area contributed by atoms with Gasteiger partial charge >= 0.3 is 5.97 Å². The number of esters is 1. The van der Waals surface area contributed by atoms with Gasteiger partial charge in [0.25, 0.3) is 0 Å². The van der Waals surface area contributed by atoms with Crippen LogP contribution in [0.4, 0.5) is 0 Å². The van der Waals surface area contributed by atoms with E-state index >= 15 is 0 Å². The van der Waals surface area contributed by atoms with Gasteiger partial charge in [-0.25, -0.2) is 0 Å². The summed E-state index contributed by atoms with van der Waals surface area (Å²) in [6.07, 6.45) is 2.08. The quantitative estimate of drug-likeness (QED) is 0.823. The lowest BCUT2D eigenvalue weighted by atomic mass is 10.3. The zero-order valence-electron chi connectivity index (χ0n) is 10.2. The highest BCUT2D eigenvalue weighted by atomic mass is 32.2. The number of carbonyl (C=O) groups is 2. The maximum absolute atomic E-state index is 11.8. The minimum absolute atomic E-state index is 0.0121. The predicted octanol–water partition coefficient (Wildman–Crippen LogP) is 1.54. The molecule has 0 saturated carbocycles. The molecule has 1 aliphatic heterocycles. The molecule has 0 radical (unpaired) electrons. The summed E-state index contributed by atoms with van der Waals surface area (Å²) in [5.41, 5.74) is 0.995. The Balaban J connectivity index is 1.96. The van der Waals surface area contributed by atoms with Gasteiger partial charge in [-0.2, -0.15) is 0 Å². The second-order valence-electron chi connectivity index (χ2n) is 3.93. The van der Waals surface area contributed by atoms with Crippen molar-refractivity contribution in [3.63, 3.8) is 0 Å². The Morgan fingerprint density at radius 2 is 2.50 bits per heavy atom. The van der Waals surface area contributed by atoms with Gasteiger partial charge in [-0.3, -0.25) is 9.59 Å². The average molecular weight is 268 g/mol. The van der Waals surface area contributed by atoms with Gasteiger partial charge in [0.1, 0.15) is 5.37 Å². The number of hydrogen-bond acceptors (Lipinski definition) is 4. The zero-order valence-corrected chi connectivity index (χ0v) is 11.0. The van der Waals surface area contributed by atoms with E-state index in [1.165, 1.54) is 0 Å². The predicted molar refractivity (Wildman–Crippen MR) is 69.0 cm³/mol. The number of rotatable bonds is 5. The van der Waals surface area contributed by atoms with Crippen molar-refractivity contribution in [2.45, 2.75) is 18.7 Å². The molecule has 2 heterocycles. The number of H-pyrrole nitrogens is 1. The first-order chi connectivity index (χ1) is 8.72. The molecule has 1 saturated heterocycles. The molecule has 2 rings (SSSR count). The number of hydrogen-bond donors (Lipinski definition) is 1. The van der Waals surface area contributed by atoms with Crippen molar-refractivity contribution in [1.82, 2.24) is 9.88 Å². The first kappa shape index (κ1) is 13.0. The second-order valence-corrected chi connectivity index (χ2v) is 5.00. The van der Waals surface area contributed by atoms with E-state index in [9.17, 15) is 9.59 Å². The maximum atomic E-state index is 11.8. The van der Waals surface area contributed by atoms with E-state index in [1.807, 2.05) is 18.3 Å². The number of nitrogens with zero attached hydrogens (tertiary/aromatic N) is 1. The van der Waals surface area contributed by atoms with Crippen molar-refractivity contribution in [3.8, 4) is 0 Å². The third kappa shape index (κ3) is 2.87. The van der Waals surface area contributed by atoms with E-state index < -0.39 is 0 Å². The van der Waals surface area contributed by atoms with Crippen molar-refractivity contribution in [2.75, 3.05) is 18.9 Å². The number of thioether (sulfide) groups is 1. The Bertz CT molecular complexity index is 419. The third-order valence-electron chi connectivity index (χ3n) is 2.72. The van der Waals surface area contributed by atoms with Gasteiger partial charge in [-0.1, -0.05) is 0 Å². The third-order valence-corrected chi connectivity index (χ3v) is 3.96. The molecule has 1 fully saturated rings. The van der Waals surface area contributed by atoms with Crippen molar-refractivity contribution in [1.29, 1.82) is 0 Å². The van der Waals surface area contributed by atoms with E-state index in [0.29, 0.717) is 18.9 Å². The van der Waals surface area contributed by atoms with Crippen LogP contribution in [-0.4, -0.2) is 40.7 Å². The first-order valence-electron chi connectivity index (χ1n) is 5.92. The molecule has 1 atom stereocenters. The van der Waals surface area contributed by atoms with Crippen molar-refractivity contribution >= 4 is 23.6 Å². The fourth-order valence-electron chi connectivity index (χ4n) is 1.90. The standard InChI is InChI=1S/C12H16N2O3S/c1-2-17-11(16)5-7-14-10(15)8-18-12(14)9-4-3-6-13-9/h3-4,6,12-13H,2,5,7-8H2,1H3. The van der Waals surface area contributed by atoms with Crippen molar-refractivity contribution in [2.24, 2.45) is 0 Å². The van der Waals surface area contributed by atoms with Gasteiger partial charge in [-0.05, 0) is 19.1 Å². The fourth-order valence-corrected chi connectivity index (χ4v) is 3.09. The second kappa shape index (κ2) is 5.95. The van der Waals surface area contributed by atoms with Crippen molar-refractivity contribution in [3.05, 3.63) is 24.0 Å². The van der Waals surface area contributed by atoms with E-state index in [2.05, 4.69) is 4.98 Å². The Morgan fingerprint density at radius 3 is 3.17 bits per heavy atom. The molecular weight excluding hydrogens is 252 g/mol. The highest BCUT2D eigenvalue weighted by Gasteiger charge is 2.33. The van der Waals surface area contributed by atoms with E-state index in [4.69, 9.17) is 4.74 Å². The van der Waals surface area contributed by atoms with E-state index in [0.717, 1.165) is 5.69 Å². The lowest BCUT2D eigenvalue weighted by Gasteiger charge is -2.22. The largest absolute Gasteiger partial charge is 0.466 e. The monoisotopic (exact) mass is 268 g/mol. The van der Waals surface area contributed by atoms with Gasteiger partial charge in [0.2, 0.25) is 5.91 Å². The van der Waals surface area contributed by atoms with Crippen LogP contribution in [0.1, 0.15) is 24.4 Å². The molecule has 0 spiro atoms. The molecule has 0 aromatic carbocycles. The first-order valence-corrected chi connectivity index (χ1v) is 6.97. The Morgan fingerprint density at radius 1 is 1.67 bits per heavy atom. The fraction of sp³-hybridized carbons (Fsp3) is 0.500. The molecule has 1 aromatic rings. The summed E-state index contributed by atoms with van der Waals surface area (Å²) in [5.74, 6) is 0.281. The van der Waals surface area contributed by atoms with Crippen molar-refractivity contribution < 1.29 is 14.3 Å². The topological polar surface area (TPSA) is 62.4 Å². The maximum Gasteiger partial charge on any atom is 0.307 e. The van der Waals surface area contributed by atoms with Crippen LogP contribution in [0.3, 0.4) is 0 Å². The lowest BCUT2D eigenvalue weighted by molar-refractivity contribution is -0.143. The van der Waals surface area contributed by atoms with Crippen LogP contribution in [0.25, 0.3) is 0 Å². The molecule has 1 aromatic heterocycles. The lowest BCUT2D eigenvalue weighted by Crippen LogP contribution is -2.31. The van der Waals surface area contributed by atoms with Gasteiger partial charge in [-0.15, -0.1) is 11.8 Å². The number of aromatic amines is 1. The van der Waals surface area contributed by atoms with E-state index in [-0.39, 0.29) is 23.7 Å². The Kier molecular flexibility index (Phi) is 4.30. The van der Waals surface area contributed by atoms with Crippen LogP contribution < -0.4 is 0 Å². The molecule has 18 heavy (non-hydrogen) atoms. The summed E-state index contributed by atoms with van der Waals surface area (Å²) in [4.78, 5) is 28.0. The molecule has 0 bridgehead atoms. The van der Waals surface area contributed by atoms with Gasteiger partial charge in [0, 0.05) is 18.4 Å². The molecule has 1 amide bonds. The molecule has 1 aliphatic rings. The van der Waals surface area contributed by atoms with Gasteiger partial charge in [0.15, 0.2) is 0 Å². The SMILES string of the molecule is CCOC(=O)CCN1C(=O)CSC1c1ccc[nH]1. The minimum atomic E-state index is -0.257. The normalized spacial score (nSPS) is 19.3. The molecule has 98 valence electrons. The zero-order chi connectivity index (χ0) is 13.0. The van der Waals surface area contributed by atoms with Gasteiger partial charge in [0.05, 0.1) is 18.8 Å². The number of ether oxygens (including phenoxy) is 1. The molecule has 1 N–H and O–H groups in total. The summed E-state index contributed by atoms with van der Waals surface area (Å²) in [7, 11) is 0. The highest BCUT2D eigenvalue weighted by molar-refractivity contribution is 8.00. The summed E-state index contributed by atoms with van der Waals surface area (Å²) in [6, 6.07) is 3.86. The number of aromatic nitrogens is 1. The molecule has 1 unspecified atom stereocenters. The van der Waals surface area contributed by atoms with Crippen LogP contribution in [0.15, 0.2) is 18.3 Å². The highest BCUT2D eigenvalue weighted by Crippen LogP contribution is 2.37. The summed E-state index contributed by atoms with van der Waals surface area (Å²) in [5, 5.41) is -0.0121. The Labute approximate surface area is 110 Å². The Hall–Kier alpha value is -1.43. The summed E-state index contributed by atoms with van der Waals surface area (Å²) >= 11 is 1.57. The van der Waals surface area contributed by atoms with Crippen LogP contribution in [0, 0.1) is 0 Å². The van der Waals surface area contributed by atoms with Crippen LogP contribution in [-0.2, 0) is 14.3 Å². The summed E-state index contributed by atoms with van der Waals surface area (Å²) in [6.45, 7) is 2.56. The molecule has 6 heteroatoms. The van der Waals surface area contributed by atoms with Crippen LogP contribution in [0.5, 0.6) is 0 Å². The summed E-state index contributed by atoms with van der Waals surface area (Å²) < 4.78 is 4.87. The number of amides is 1.